The maximum absolute atomic E-state index is 13.9. The molecule has 0 radical (unpaired) electrons. The standard InChI is InChI=1S/C17H17ClFNO3/c1-20(17(22)14-9-12(18)5-8-15(14)19)16(10-21)11-3-6-13(23-2)7-4-11/h3-9,16,21H,10H2,1-2H3. The van der Waals surface area contributed by atoms with E-state index in [-0.39, 0.29) is 17.2 Å². The van der Waals surface area contributed by atoms with E-state index in [1.807, 2.05) is 0 Å². The first-order chi connectivity index (χ1) is 11.0. The van der Waals surface area contributed by atoms with Crippen molar-refractivity contribution in [3.05, 3.63) is 64.4 Å². The van der Waals surface area contributed by atoms with Crippen molar-refractivity contribution in [2.75, 3.05) is 20.8 Å². The fourth-order valence-electron chi connectivity index (χ4n) is 2.27. The average Bonchev–Trinajstić information content (AvgIpc) is 2.57. The lowest BCUT2D eigenvalue weighted by Gasteiger charge is -2.27. The predicted molar refractivity (Wildman–Crippen MR) is 86.3 cm³/mol. The minimum Gasteiger partial charge on any atom is -0.497 e. The van der Waals surface area contributed by atoms with Crippen LogP contribution in [0.5, 0.6) is 5.75 Å². The maximum Gasteiger partial charge on any atom is 0.257 e. The lowest BCUT2D eigenvalue weighted by Crippen LogP contribution is -2.33. The van der Waals surface area contributed by atoms with Gasteiger partial charge in [-0.1, -0.05) is 23.7 Å². The third kappa shape index (κ3) is 3.81. The number of carbonyl (C=O) groups excluding carboxylic acids is 1. The van der Waals surface area contributed by atoms with Crippen molar-refractivity contribution >= 4 is 17.5 Å². The van der Waals surface area contributed by atoms with Gasteiger partial charge in [-0.25, -0.2) is 4.39 Å². The normalized spacial score (nSPS) is 11.9. The molecule has 1 unspecified atom stereocenters. The summed E-state index contributed by atoms with van der Waals surface area (Å²) in [7, 11) is 3.06. The number of likely N-dealkylation sites (N-methyl/N-ethyl adjacent to an activating group) is 1. The van der Waals surface area contributed by atoms with Crippen LogP contribution in [0, 0.1) is 5.82 Å². The van der Waals surface area contributed by atoms with Crippen LogP contribution < -0.4 is 4.74 Å². The molecule has 1 amide bonds. The molecule has 0 saturated heterocycles. The van der Waals surface area contributed by atoms with Crippen molar-refractivity contribution in [3.8, 4) is 5.75 Å². The zero-order valence-corrected chi connectivity index (χ0v) is 13.5. The van der Waals surface area contributed by atoms with E-state index in [2.05, 4.69) is 0 Å². The van der Waals surface area contributed by atoms with Crippen LogP contribution in [0.3, 0.4) is 0 Å². The molecule has 0 aliphatic rings. The van der Waals surface area contributed by atoms with E-state index in [1.54, 1.807) is 31.4 Å². The van der Waals surface area contributed by atoms with E-state index >= 15 is 0 Å². The molecule has 0 spiro atoms. The van der Waals surface area contributed by atoms with Crippen LogP contribution in [-0.2, 0) is 0 Å². The Bertz CT molecular complexity index is 691. The monoisotopic (exact) mass is 337 g/mol. The highest BCUT2D eigenvalue weighted by Crippen LogP contribution is 2.25. The second-order valence-electron chi connectivity index (χ2n) is 5.01. The van der Waals surface area contributed by atoms with Gasteiger partial charge in [-0.05, 0) is 35.9 Å². The van der Waals surface area contributed by atoms with Crippen LogP contribution in [0.2, 0.25) is 5.02 Å². The summed E-state index contributed by atoms with van der Waals surface area (Å²) in [5.74, 6) is -0.544. The molecule has 1 atom stereocenters. The van der Waals surface area contributed by atoms with Gasteiger partial charge in [-0.15, -0.1) is 0 Å². The third-order valence-electron chi connectivity index (χ3n) is 3.62. The number of nitrogens with zero attached hydrogens (tertiary/aromatic N) is 1. The molecule has 0 aliphatic carbocycles. The lowest BCUT2D eigenvalue weighted by atomic mass is 10.0. The molecule has 2 aromatic rings. The number of halogens is 2. The quantitative estimate of drug-likeness (QED) is 0.910. The van der Waals surface area contributed by atoms with Crippen LogP contribution in [0.1, 0.15) is 22.0 Å². The molecule has 2 aromatic carbocycles. The smallest absolute Gasteiger partial charge is 0.257 e. The van der Waals surface area contributed by atoms with Gasteiger partial charge in [0, 0.05) is 12.1 Å². The number of hydrogen-bond donors (Lipinski definition) is 1. The van der Waals surface area contributed by atoms with Crippen LogP contribution >= 0.6 is 11.6 Å². The third-order valence-corrected chi connectivity index (χ3v) is 3.86. The number of aliphatic hydroxyl groups excluding tert-OH is 1. The van der Waals surface area contributed by atoms with Crippen molar-refractivity contribution in [1.29, 1.82) is 0 Å². The predicted octanol–water partition coefficient (Wildman–Crippen LogP) is 3.29. The number of methoxy groups -OCH3 is 1. The maximum atomic E-state index is 13.9. The minimum absolute atomic E-state index is 0.132. The van der Waals surface area contributed by atoms with Gasteiger partial charge in [0.05, 0.1) is 25.3 Å². The molecule has 0 saturated carbocycles. The summed E-state index contributed by atoms with van der Waals surface area (Å²) >= 11 is 5.83. The van der Waals surface area contributed by atoms with E-state index in [9.17, 15) is 14.3 Å². The molecule has 0 fully saturated rings. The first kappa shape index (κ1) is 17.2. The van der Waals surface area contributed by atoms with E-state index in [1.165, 1.54) is 24.1 Å². The Morgan fingerprint density at radius 3 is 2.52 bits per heavy atom. The highest BCUT2D eigenvalue weighted by molar-refractivity contribution is 6.31. The van der Waals surface area contributed by atoms with Gasteiger partial charge in [-0.3, -0.25) is 4.79 Å². The number of hydrogen-bond acceptors (Lipinski definition) is 3. The van der Waals surface area contributed by atoms with Gasteiger partial charge in [0.15, 0.2) is 0 Å². The van der Waals surface area contributed by atoms with Gasteiger partial charge in [-0.2, -0.15) is 0 Å². The molecule has 23 heavy (non-hydrogen) atoms. The molecule has 0 heterocycles. The first-order valence-electron chi connectivity index (χ1n) is 6.95. The zero-order valence-electron chi connectivity index (χ0n) is 12.8. The summed E-state index contributed by atoms with van der Waals surface area (Å²) in [5, 5.41) is 9.92. The Labute approximate surface area is 139 Å². The Morgan fingerprint density at radius 1 is 1.30 bits per heavy atom. The molecule has 2 rings (SSSR count). The van der Waals surface area contributed by atoms with Gasteiger partial charge < -0.3 is 14.7 Å². The van der Waals surface area contributed by atoms with E-state index in [4.69, 9.17) is 16.3 Å². The molecule has 0 bridgehead atoms. The van der Waals surface area contributed by atoms with Gasteiger partial charge >= 0.3 is 0 Å². The lowest BCUT2D eigenvalue weighted by molar-refractivity contribution is 0.0654. The van der Waals surface area contributed by atoms with Crippen molar-refractivity contribution in [3.63, 3.8) is 0 Å². The van der Waals surface area contributed by atoms with E-state index in [0.717, 1.165) is 6.07 Å². The minimum atomic E-state index is -0.655. The van der Waals surface area contributed by atoms with Crippen molar-refractivity contribution in [2.24, 2.45) is 0 Å². The Kier molecular flexibility index (Phi) is 5.58. The van der Waals surface area contributed by atoms with Gasteiger partial charge in [0.25, 0.3) is 5.91 Å². The van der Waals surface area contributed by atoms with Crippen LogP contribution in [0.15, 0.2) is 42.5 Å². The number of ether oxygens (including phenoxy) is 1. The average molecular weight is 338 g/mol. The summed E-state index contributed by atoms with van der Waals surface area (Å²) in [6, 6.07) is 10.2. The molecule has 122 valence electrons. The van der Waals surface area contributed by atoms with Crippen molar-refractivity contribution in [1.82, 2.24) is 4.90 Å². The molecule has 0 aromatic heterocycles. The van der Waals surface area contributed by atoms with Crippen LogP contribution in [0.25, 0.3) is 0 Å². The number of carbonyl (C=O) groups is 1. The van der Waals surface area contributed by atoms with Crippen LogP contribution in [-0.4, -0.2) is 36.7 Å². The SMILES string of the molecule is COc1ccc(C(CO)N(C)C(=O)c2cc(Cl)ccc2F)cc1. The number of benzene rings is 2. The molecule has 6 heteroatoms. The number of rotatable bonds is 5. The number of aliphatic hydroxyl groups is 1. The van der Waals surface area contributed by atoms with E-state index < -0.39 is 17.8 Å². The zero-order chi connectivity index (χ0) is 17.0. The molecular formula is C17H17ClFNO3. The highest BCUT2D eigenvalue weighted by Gasteiger charge is 2.24. The summed E-state index contributed by atoms with van der Waals surface area (Å²) in [6.07, 6.45) is 0. The highest BCUT2D eigenvalue weighted by atomic mass is 35.5. The van der Waals surface area contributed by atoms with Gasteiger partial charge in [0.2, 0.25) is 0 Å². The van der Waals surface area contributed by atoms with Crippen molar-refractivity contribution in [2.45, 2.75) is 6.04 Å². The first-order valence-corrected chi connectivity index (χ1v) is 7.32. The molecule has 0 aliphatic heterocycles. The largest absolute Gasteiger partial charge is 0.497 e. The molecule has 1 N–H and O–H groups in total. The van der Waals surface area contributed by atoms with Crippen molar-refractivity contribution < 1.29 is 19.0 Å². The van der Waals surface area contributed by atoms with Gasteiger partial charge in [0.1, 0.15) is 11.6 Å². The fourth-order valence-corrected chi connectivity index (χ4v) is 2.44. The second kappa shape index (κ2) is 7.44. The summed E-state index contributed by atoms with van der Waals surface area (Å²) in [5.41, 5.74) is 0.582. The summed E-state index contributed by atoms with van der Waals surface area (Å²) in [4.78, 5) is 13.8. The topological polar surface area (TPSA) is 49.8 Å². The number of amides is 1. The summed E-state index contributed by atoms with van der Waals surface area (Å²) < 4.78 is 18.9. The Balaban J connectivity index is 2.29. The molecule has 4 nitrogen and oxygen atoms in total. The second-order valence-corrected chi connectivity index (χ2v) is 5.45. The molecular weight excluding hydrogens is 321 g/mol. The fraction of sp³-hybridized carbons (Fsp3) is 0.235. The van der Waals surface area contributed by atoms with E-state index in [0.29, 0.717) is 11.3 Å². The Hall–Kier alpha value is -2.11. The summed E-state index contributed by atoms with van der Waals surface area (Å²) in [6.45, 7) is -0.295. The van der Waals surface area contributed by atoms with Crippen LogP contribution in [0.4, 0.5) is 4.39 Å². The Morgan fingerprint density at radius 2 is 1.96 bits per heavy atom.